The highest BCUT2D eigenvalue weighted by Gasteiger charge is 2.29. The SMILES string of the molecule is CN(C(N)=NCC1CCCN(C(=O)OC(C)(C)C)C1)C1CC1.I. The molecule has 6 nitrogen and oxygen atoms in total. The third kappa shape index (κ3) is 6.73. The van der Waals surface area contributed by atoms with Gasteiger partial charge in [0, 0.05) is 32.7 Å². The van der Waals surface area contributed by atoms with Crippen LogP contribution in [0, 0.1) is 5.92 Å². The van der Waals surface area contributed by atoms with E-state index in [4.69, 9.17) is 10.5 Å². The van der Waals surface area contributed by atoms with Crippen molar-refractivity contribution in [1.82, 2.24) is 9.80 Å². The first-order valence-corrected chi connectivity index (χ1v) is 8.27. The van der Waals surface area contributed by atoms with Crippen molar-refractivity contribution in [3.05, 3.63) is 0 Å². The number of carbonyl (C=O) groups excluding carboxylic acids is 1. The number of carbonyl (C=O) groups is 1. The van der Waals surface area contributed by atoms with Gasteiger partial charge < -0.3 is 20.3 Å². The van der Waals surface area contributed by atoms with E-state index in [0.29, 0.717) is 31.0 Å². The molecule has 0 aromatic rings. The van der Waals surface area contributed by atoms with E-state index in [1.54, 1.807) is 4.90 Å². The van der Waals surface area contributed by atoms with Crippen LogP contribution in [0.3, 0.4) is 0 Å². The van der Waals surface area contributed by atoms with Crippen LogP contribution in [0.2, 0.25) is 0 Å². The second-order valence-electron chi connectivity index (χ2n) is 7.48. The highest BCUT2D eigenvalue weighted by Crippen LogP contribution is 2.25. The summed E-state index contributed by atoms with van der Waals surface area (Å²) in [5, 5.41) is 0. The van der Waals surface area contributed by atoms with Crippen LogP contribution in [0.5, 0.6) is 0 Å². The topological polar surface area (TPSA) is 71.2 Å². The minimum absolute atomic E-state index is 0. The van der Waals surface area contributed by atoms with Crippen LogP contribution in [-0.4, -0.2) is 60.2 Å². The van der Waals surface area contributed by atoms with Crippen molar-refractivity contribution in [2.24, 2.45) is 16.6 Å². The molecule has 7 heteroatoms. The summed E-state index contributed by atoms with van der Waals surface area (Å²) in [6.07, 6.45) is 4.29. The Hall–Kier alpha value is -0.730. The summed E-state index contributed by atoms with van der Waals surface area (Å²) >= 11 is 0. The maximum atomic E-state index is 12.1. The lowest BCUT2D eigenvalue weighted by Gasteiger charge is -2.33. The minimum atomic E-state index is -0.445. The van der Waals surface area contributed by atoms with Gasteiger partial charge in [0.05, 0.1) is 0 Å². The molecular weight excluding hydrogens is 407 g/mol. The van der Waals surface area contributed by atoms with Crippen LogP contribution in [0.4, 0.5) is 4.79 Å². The largest absolute Gasteiger partial charge is 0.444 e. The van der Waals surface area contributed by atoms with Gasteiger partial charge in [-0.05, 0) is 52.4 Å². The molecule has 0 aromatic heterocycles. The third-order valence-corrected chi connectivity index (χ3v) is 4.14. The Bertz CT molecular complexity index is 432. The second kappa shape index (κ2) is 8.39. The molecule has 1 saturated heterocycles. The first kappa shape index (κ1) is 20.3. The molecule has 0 aromatic carbocycles. The van der Waals surface area contributed by atoms with Crippen molar-refractivity contribution in [3.8, 4) is 0 Å². The molecule has 1 heterocycles. The van der Waals surface area contributed by atoms with Crippen molar-refractivity contribution in [2.75, 3.05) is 26.7 Å². The van der Waals surface area contributed by atoms with E-state index in [-0.39, 0.29) is 30.1 Å². The number of nitrogens with two attached hydrogens (primary N) is 1. The van der Waals surface area contributed by atoms with E-state index in [2.05, 4.69) is 9.89 Å². The number of halogens is 1. The van der Waals surface area contributed by atoms with Gasteiger partial charge in [0.25, 0.3) is 0 Å². The molecule has 1 atom stereocenters. The Kier molecular flexibility index (Phi) is 7.41. The maximum absolute atomic E-state index is 12.1. The summed E-state index contributed by atoms with van der Waals surface area (Å²) in [6.45, 7) is 7.84. The summed E-state index contributed by atoms with van der Waals surface area (Å²) in [6, 6.07) is 0.577. The monoisotopic (exact) mass is 438 g/mol. The number of hydrogen-bond acceptors (Lipinski definition) is 3. The van der Waals surface area contributed by atoms with Crippen LogP contribution >= 0.6 is 24.0 Å². The zero-order valence-electron chi connectivity index (χ0n) is 14.7. The Morgan fingerprint density at radius 2 is 2.00 bits per heavy atom. The van der Waals surface area contributed by atoms with Crippen LogP contribution in [0.25, 0.3) is 0 Å². The average molecular weight is 438 g/mol. The third-order valence-electron chi connectivity index (χ3n) is 4.14. The number of guanidine groups is 1. The Balaban J connectivity index is 0.00000264. The number of ether oxygens (including phenoxy) is 1. The maximum Gasteiger partial charge on any atom is 0.410 e. The molecule has 2 rings (SSSR count). The molecule has 1 amide bonds. The summed E-state index contributed by atoms with van der Waals surface area (Å²) in [7, 11) is 2.00. The molecule has 134 valence electrons. The number of likely N-dealkylation sites (tertiary alicyclic amines) is 1. The van der Waals surface area contributed by atoms with Crippen LogP contribution < -0.4 is 5.73 Å². The van der Waals surface area contributed by atoms with Crippen LogP contribution in [0.15, 0.2) is 4.99 Å². The highest BCUT2D eigenvalue weighted by molar-refractivity contribution is 14.0. The molecule has 2 aliphatic rings. The number of hydrogen-bond donors (Lipinski definition) is 1. The normalized spacial score (nSPS) is 22.3. The van der Waals surface area contributed by atoms with E-state index in [1.807, 2.05) is 27.8 Å². The van der Waals surface area contributed by atoms with Crippen molar-refractivity contribution in [3.63, 3.8) is 0 Å². The fraction of sp³-hybridized carbons (Fsp3) is 0.875. The molecule has 2 N–H and O–H groups in total. The van der Waals surface area contributed by atoms with Gasteiger partial charge in [0.2, 0.25) is 0 Å². The lowest BCUT2D eigenvalue weighted by atomic mass is 9.98. The Morgan fingerprint density at radius 3 is 2.57 bits per heavy atom. The smallest absolute Gasteiger partial charge is 0.410 e. The van der Waals surface area contributed by atoms with Gasteiger partial charge in [-0.2, -0.15) is 0 Å². The molecule has 0 spiro atoms. The Labute approximate surface area is 156 Å². The van der Waals surface area contributed by atoms with Gasteiger partial charge in [0.1, 0.15) is 5.60 Å². The number of aliphatic imine (C=N–C) groups is 1. The molecule has 0 radical (unpaired) electrons. The van der Waals surface area contributed by atoms with Crippen molar-refractivity contribution in [2.45, 2.75) is 58.1 Å². The lowest BCUT2D eigenvalue weighted by Crippen LogP contribution is -2.44. The van der Waals surface area contributed by atoms with Gasteiger partial charge in [-0.3, -0.25) is 4.99 Å². The first-order valence-electron chi connectivity index (χ1n) is 8.27. The molecular formula is C16H31IN4O2. The van der Waals surface area contributed by atoms with Crippen molar-refractivity contribution in [1.29, 1.82) is 0 Å². The van der Waals surface area contributed by atoms with Crippen molar-refractivity contribution >= 4 is 36.0 Å². The van der Waals surface area contributed by atoms with E-state index in [1.165, 1.54) is 12.8 Å². The quantitative estimate of drug-likeness (QED) is 0.418. The molecule has 1 aliphatic heterocycles. The Morgan fingerprint density at radius 1 is 1.35 bits per heavy atom. The van der Waals surface area contributed by atoms with Crippen molar-refractivity contribution < 1.29 is 9.53 Å². The van der Waals surface area contributed by atoms with Gasteiger partial charge in [-0.25, -0.2) is 4.79 Å². The molecule has 1 aliphatic carbocycles. The second-order valence-corrected chi connectivity index (χ2v) is 7.48. The fourth-order valence-corrected chi connectivity index (χ4v) is 2.69. The van der Waals surface area contributed by atoms with E-state index >= 15 is 0 Å². The predicted molar refractivity (Wildman–Crippen MR) is 103 cm³/mol. The predicted octanol–water partition coefficient (Wildman–Crippen LogP) is 2.66. The summed E-state index contributed by atoms with van der Waals surface area (Å²) in [5.74, 6) is 0.990. The molecule has 0 bridgehead atoms. The number of rotatable bonds is 3. The molecule has 2 fully saturated rings. The van der Waals surface area contributed by atoms with Gasteiger partial charge in [-0.15, -0.1) is 24.0 Å². The molecule has 1 saturated carbocycles. The first-order chi connectivity index (χ1) is 10.3. The van der Waals surface area contributed by atoms with E-state index in [0.717, 1.165) is 19.4 Å². The highest BCUT2D eigenvalue weighted by atomic mass is 127. The van der Waals surface area contributed by atoms with E-state index < -0.39 is 5.60 Å². The van der Waals surface area contributed by atoms with Gasteiger partial charge >= 0.3 is 6.09 Å². The summed E-state index contributed by atoms with van der Waals surface area (Å²) in [4.78, 5) is 20.5. The zero-order valence-corrected chi connectivity index (χ0v) is 17.1. The lowest BCUT2D eigenvalue weighted by molar-refractivity contribution is 0.0170. The standard InChI is InChI=1S/C16H30N4O2.HI/c1-16(2,3)22-15(21)20-9-5-6-12(11-20)10-18-14(17)19(4)13-7-8-13;/h12-13H,5-11H2,1-4H3,(H2,17,18);1H. The fourth-order valence-electron chi connectivity index (χ4n) is 2.69. The van der Waals surface area contributed by atoms with Crippen LogP contribution in [0.1, 0.15) is 46.5 Å². The molecule has 23 heavy (non-hydrogen) atoms. The summed E-state index contributed by atoms with van der Waals surface area (Å²) < 4.78 is 5.45. The van der Waals surface area contributed by atoms with E-state index in [9.17, 15) is 4.79 Å². The van der Waals surface area contributed by atoms with Crippen LogP contribution in [-0.2, 0) is 4.74 Å². The number of amides is 1. The van der Waals surface area contributed by atoms with Gasteiger partial charge in [0.15, 0.2) is 5.96 Å². The number of piperidine rings is 1. The number of nitrogens with zero attached hydrogens (tertiary/aromatic N) is 3. The summed E-state index contributed by atoms with van der Waals surface area (Å²) in [5.41, 5.74) is 5.58. The average Bonchev–Trinajstić information content (AvgIpc) is 3.27. The minimum Gasteiger partial charge on any atom is -0.444 e. The van der Waals surface area contributed by atoms with Gasteiger partial charge in [-0.1, -0.05) is 0 Å². The zero-order chi connectivity index (χ0) is 16.3. The molecule has 1 unspecified atom stereocenters.